The molecule has 5 atom stereocenters. The molecule has 0 spiro atoms. The number of thioether (sulfide) groups is 1. The monoisotopic (exact) mass is 448 g/mol. The Morgan fingerprint density at radius 1 is 1.19 bits per heavy atom. The lowest BCUT2D eigenvalue weighted by Gasteiger charge is -2.51. The van der Waals surface area contributed by atoms with Gasteiger partial charge in [-0.25, -0.2) is 4.98 Å². The molecule has 2 unspecified atom stereocenters. The van der Waals surface area contributed by atoms with Gasteiger partial charge in [0.05, 0.1) is 24.4 Å². The zero-order valence-corrected chi connectivity index (χ0v) is 19.9. The number of methoxy groups -OCH3 is 1. The second kappa shape index (κ2) is 9.05. The summed E-state index contributed by atoms with van der Waals surface area (Å²) in [6, 6.07) is 16.7. The van der Waals surface area contributed by atoms with Crippen LogP contribution < -0.4 is 4.74 Å². The molecular formula is C27H32N2O2S. The summed E-state index contributed by atoms with van der Waals surface area (Å²) in [4.78, 5) is 8.71. The van der Waals surface area contributed by atoms with Crippen molar-refractivity contribution in [3.05, 3.63) is 54.1 Å². The minimum atomic E-state index is -0.544. The van der Waals surface area contributed by atoms with Crippen molar-refractivity contribution in [3.63, 3.8) is 0 Å². The average molecular weight is 449 g/mol. The van der Waals surface area contributed by atoms with Crippen molar-refractivity contribution in [1.82, 2.24) is 9.88 Å². The van der Waals surface area contributed by atoms with Gasteiger partial charge in [0.2, 0.25) is 0 Å². The van der Waals surface area contributed by atoms with Gasteiger partial charge in [-0.3, -0.25) is 4.90 Å². The van der Waals surface area contributed by atoms with Gasteiger partial charge in [-0.2, -0.15) is 0 Å². The van der Waals surface area contributed by atoms with Crippen LogP contribution in [0.1, 0.15) is 37.9 Å². The molecule has 0 saturated carbocycles. The van der Waals surface area contributed by atoms with Crippen molar-refractivity contribution < 1.29 is 9.84 Å². The molecule has 3 aromatic rings. The Morgan fingerprint density at radius 2 is 2.00 bits per heavy atom. The molecule has 3 aliphatic heterocycles. The SMILES string of the molecule is CC[C@H]1CN2CC[C@H]1CC2[C@H](O)c1cc(-c2ccc(SC)cc2)nc2ccc(OC)cc12. The van der Waals surface area contributed by atoms with E-state index in [0.717, 1.165) is 64.8 Å². The van der Waals surface area contributed by atoms with Gasteiger partial charge in [-0.05, 0) is 79.4 Å². The average Bonchev–Trinajstić information content (AvgIpc) is 2.87. The second-order valence-corrected chi connectivity index (χ2v) is 10.0. The third-order valence-corrected chi connectivity index (χ3v) is 8.32. The summed E-state index contributed by atoms with van der Waals surface area (Å²) in [5.41, 5.74) is 3.84. The standard InChI is InChI=1S/C27H32N2O2S/c1-4-17-16-29-12-11-19(17)13-26(29)27(30)23-15-25(18-5-8-21(32-3)9-6-18)28-24-10-7-20(31-2)14-22(23)24/h5-10,14-15,17,19,26-27,30H,4,11-13,16H2,1-3H3/t17-,19-,26?,27+/m0/s1. The smallest absolute Gasteiger partial charge is 0.119 e. The first kappa shape index (κ1) is 21.7. The lowest BCUT2D eigenvalue weighted by atomic mass is 9.72. The summed E-state index contributed by atoms with van der Waals surface area (Å²) in [6.45, 7) is 4.51. The number of pyridine rings is 1. The van der Waals surface area contributed by atoms with Gasteiger partial charge < -0.3 is 9.84 Å². The highest BCUT2D eigenvalue weighted by atomic mass is 32.2. The minimum absolute atomic E-state index is 0.167. The molecule has 0 amide bonds. The zero-order valence-electron chi connectivity index (χ0n) is 19.1. The predicted molar refractivity (Wildman–Crippen MR) is 132 cm³/mol. The molecule has 6 rings (SSSR count). The van der Waals surface area contributed by atoms with E-state index in [-0.39, 0.29) is 6.04 Å². The number of fused-ring (bicyclic) bond motifs is 4. The van der Waals surface area contributed by atoms with E-state index in [1.165, 1.54) is 17.7 Å². The highest BCUT2D eigenvalue weighted by molar-refractivity contribution is 7.98. The number of hydrogen-bond donors (Lipinski definition) is 1. The van der Waals surface area contributed by atoms with Crippen LogP contribution >= 0.6 is 11.8 Å². The van der Waals surface area contributed by atoms with Crippen LogP contribution in [0, 0.1) is 11.8 Å². The summed E-state index contributed by atoms with van der Waals surface area (Å²) in [5, 5.41) is 12.7. The molecular weight excluding hydrogens is 416 g/mol. The van der Waals surface area contributed by atoms with E-state index in [4.69, 9.17) is 9.72 Å². The highest BCUT2D eigenvalue weighted by Crippen LogP contribution is 2.43. The largest absolute Gasteiger partial charge is 0.497 e. The maximum Gasteiger partial charge on any atom is 0.119 e. The van der Waals surface area contributed by atoms with Crippen LogP contribution in [0.4, 0.5) is 0 Å². The molecule has 3 fully saturated rings. The molecule has 32 heavy (non-hydrogen) atoms. The lowest BCUT2D eigenvalue weighted by Crippen LogP contribution is -2.55. The Bertz CT molecular complexity index is 1100. The van der Waals surface area contributed by atoms with E-state index >= 15 is 0 Å². The first-order valence-corrected chi connectivity index (χ1v) is 12.9. The molecule has 1 aromatic heterocycles. The molecule has 5 heteroatoms. The number of rotatable bonds is 6. The van der Waals surface area contributed by atoms with Crippen molar-refractivity contribution >= 4 is 22.7 Å². The minimum Gasteiger partial charge on any atom is -0.497 e. The van der Waals surface area contributed by atoms with Crippen LogP contribution in [-0.4, -0.2) is 47.5 Å². The predicted octanol–water partition coefficient (Wildman–Crippen LogP) is 5.79. The first-order chi connectivity index (χ1) is 15.6. The highest BCUT2D eigenvalue weighted by Gasteiger charge is 2.42. The maximum absolute atomic E-state index is 11.7. The molecule has 1 N–H and O–H groups in total. The van der Waals surface area contributed by atoms with E-state index in [1.54, 1.807) is 18.9 Å². The number of aromatic nitrogens is 1. The maximum atomic E-state index is 11.7. The molecule has 168 valence electrons. The number of benzene rings is 2. The molecule has 3 saturated heterocycles. The quantitative estimate of drug-likeness (QED) is 0.484. The van der Waals surface area contributed by atoms with E-state index < -0.39 is 6.10 Å². The first-order valence-electron chi connectivity index (χ1n) is 11.7. The van der Waals surface area contributed by atoms with Gasteiger partial charge in [0, 0.05) is 28.4 Å². The van der Waals surface area contributed by atoms with Gasteiger partial charge in [0.1, 0.15) is 5.75 Å². The Hall–Kier alpha value is -2.08. The van der Waals surface area contributed by atoms with Crippen LogP contribution in [0.5, 0.6) is 5.75 Å². The van der Waals surface area contributed by atoms with E-state index in [2.05, 4.69) is 48.4 Å². The van der Waals surface area contributed by atoms with E-state index in [9.17, 15) is 5.11 Å². The second-order valence-electron chi connectivity index (χ2n) is 9.17. The molecule has 0 radical (unpaired) electrons. The molecule has 4 heterocycles. The Morgan fingerprint density at radius 3 is 2.66 bits per heavy atom. The summed E-state index contributed by atoms with van der Waals surface area (Å²) >= 11 is 1.74. The topological polar surface area (TPSA) is 45.6 Å². The summed E-state index contributed by atoms with van der Waals surface area (Å²) in [5.74, 6) is 2.29. The summed E-state index contributed by atoms with van der Waals surface area (Å²) in [7, 11) is 1.68. The van der Waals surface area contributed by atoms with E-state index in [0.29, 0.717) is 0 Å². The van der Waals surface area contributed by atoms with Gasteiger partial charge in [-0.1, -0.05) is 25.5 Å². The fourth-order valence-electron chi connectivity index (χ4n) is 5.69. The van der Waals surface area contributed by atoms with Crippen LogP contribution in [0.2, 0.25) is 0 Å². The van der Waals surface area contributed by atoms with E-state index in [1.807, 2.05) is 18.2 Å². The number of aliphatic hydroxyl groups is 1. The van der Waals surface area contributed by atoms with Crippen molar-refractivity contribution in [3.8, 4) is 17.0 Å². The Kier molecular flexibility index (Phi) is 6.15. The Balaban J connectivity index is 1.58. The fourth-order valence-corrected chi connectivity index (χ4v) is 6.10. The lowest BCUT2D eigenvalue weighted by molar-refractivity contribution is -0.0562. The third-order valence-electron chi connectivity index (χ3n) is 7.58. The van der Waals surface area contributed by atoms with Crippen LogP contribution in [0.3, 0.4) is 0 Å². The molecule has 0 aliphatic carbocycles. The number of ether oxygens (including phenoxy) is 1. The molecule has 2 aromatic carbocycles. The van der Waals surface area contributed by atoms with Gasteiger partial charge in [0.25, 0.3) is 0 Å². The zero-order chi connectivity index (χ0) is 22.2. The van der Waals surface area contributed by atoms with Crippen LogP contribution in [0.25, 0.3) is 22.2 Å². The van der Waals surface area contributed by atoms with Crippen molar-refractivity contribution in [2.75, 3.05) is 26.5 Å². The molecule has 3 aliphatic rings. The summed E-state index contributed by atoms with van der Waals surface area (Å²) < 4.78 is 5.50. The summed E-state index contributed by atoms with van der Waals surface area (Å²) in [6.07, 6.45) is 5.11. The van der Waals surface area contributed by atoms with Crippen molar-refractivity contribution in [1.29, 1.82) is 0 Å². The van der Waals surface area contributed by atoms with Crippen molar-refractivity contribution in [2.24, 2.45) is 11.8 Å². The number of nitrogens with zero attached hydrogens (tertiary/aromatic N) is 2. The van der Waals surface area contributed by atoms with Gasteiger partial charge >= 0.3 is 0 Å². The molecule has 2 bridgehead atoms. The number of piperidine rings is 3. The number of aliphatic hydroxyl groups excluding tert-OH is 1. The van der Waals surface area contributed by atoms with Crippen LogP contribution in [0.15, 0.2) is 53.4 Å². The van der Waals surface area contributed by atoms with Gasteiger partial charge in [0.15, 0.2) is 0 Å². The fraction of sp³-hybridized carbons (Fsp3) is 0.444. The van der Waals surface area contributed by atoms with Gasteiger partial charge in [-0.15, -0.1) is 11.8 Å². The number of hydrogen-bond acceptors (Lipinski definition) is 5. The van der Waals surface area contributed by atoms with Crippen molar-refractivity contribution in [2.45, 2.75) is 43.2 Å². The third kappa shape index (κ3) is 3.91. The normalized spacial score (nSPS) is 25.8. The van der Waals surface area contributed by atoms with Crippen LogP contribution in [-0.2, 0) is 0 Å². The Labute approximate surface area is 195 Å². The molecule has 4 nitrogen and oxygen atoms in total.